The standard InChI is InChI=1S/C23H20FN3O3S/c24-17-8-6-16(7-9-17)14-20-22(29)27(18-4-2-1-3-5-18)23(31-20)19(15-25)21(28)26-10-12-30-13-11-26/h1-9,20H,10-14H2/b23-19-/t20-/m1/s1. The van der Waals surface area contributed by atoms with Crippen molar-refractivity contribution < 1.29 is 18.7 Å². The second kappa shape index (κ2) is 9.33. The minimum Gasteiger partial charge on any atom is -0.378 e. The third kappa shape index (κ3) is 4.48. The number of morpholine rings is 1. The molecule has 0 saturated carbocycles. The quantitative estimate of drug-likeness (QED) is 0.543. The van der Waals surface area contributed by atoms with Gasteiger partial charge in [-0.3, -0.25) is 14.5 Å². The Bertz CT molecular complexity index is 1040. The number of rotatable bonds is 4. The molecule has 0 unspecified atom stereocenters. The molecule has 0 N–H and O–H groups in total. The van der Waals surface area contributed by atoms with Crippen molar-refractivity contribution in [3.63, 3.8) is 0 Å². The van der Waals surface area contributed by atoms with E-state index in [-0.39, 0.29) is 17.3 Å². The topological polar surface area (TPSA) is 73.6 Å². The van der Waals surface area contributed by atoms with Gasteiger partial charge in [0.2, 0.25) is 5.91 Å². The highest BCUT2D eigenvalue weighted by atomic mass is 32.2. The van der Waals surface area contributed by atoms with Crippen LogP contribution in [0.3, 0.4) is 0 Å². The largest absolute Gasteiger partial charge is 0.378 e. The van der Waals surface area contributed by atoms with Gasteiger partial charge >= 0.3 is 0 Å². The fourth-order valence-corrected chi connectivity index (χ4v) is 4.85. The fourth-order valence-electron chi connectivity index (χ4n) is 3.55. The molecular formula is C23H20FN3O3S. The van der Waals surface area contributed by atoms with Gasteiger partial charge in [-0.2, -0.15) is 5.26 Å². The molecule has 2 heterocycles. The second-order valence-corrected chi connectivity index (χ2v) is 8.33. The van der Waals surface area contributed by atoms with Crippen molar-refractivity contribution in [1.82, 2.24) is 4.90 Å². The van der Waals surface area contributed by atoms with Crippen molar-refractivity contribution in [2.24, 2.45) is 0 Å². The summed E-state index contributed by atoms with van der Waals surface area (Å²) in [5.41, 5.74) is 1.35. The highest BCUT2D eigenvalue weighted by molar-refractivity contribution is 8.05. The van der Waals surface area contributed by atoms with Crippen molar-refractivity contribution in [2.75, 3.05) is 31.2 Å². The third-order valence-corrected chi connectivity index (χ3v) is 6.40. The summed E-state index contributed by atoms with van der Waals surface area (Å²) in [5, 5.41) is 9.67. The van der Waals surface area contributed by atoms with E-state index in [1.165, 1.54) is 28.8 Å². The SMILES string of the molecule is N#C/C(C(=O)N1CCOCC1)=C1/S[C@H](Cc2ccc(F)cc2)C(=O)N1c1ccccc1. The molecule has 2 aromatic carbocycles. The number of anilines is 1. The predicted octanol–water partition coefficient (Wildman–Crippen LogP) is 3.11. The average molecular weight is 437 g/mol. The molecule has 31 heavy (non-hydrogen) atoms. The number of hydrogen-bond donors (Lipinski definition) is 0. The molecular weight excluding hydrogens is 417 g/mol. The zero-order valence-electron chi connectivity index (χ0n) is 16.7. The van der Waals surface area contributed by atoms with E-state index < -0.39 is 11.2 Å². The summed E-state index contributed by atoms with van der Waals surface area (Å²) in [6, 6.07) is 17.0. The molecule has 158 valence electrons. The lowest BCUT2D eigenvalue weighted by Gasteiger charge is -2.27. The molecule has 0 radical (unpaired) electrons. The van der Waals surface area contributed by atoms with Crippen LogP contribution in [-0.4, -0.2) is 48.3 Å². The van der Waals surface area contributed by atoms with Crippen molar-refractivity contribution in [3.05, 3.63) is 76.6 Å². The summed E-state index contributed by atoms with van der Waals surface area (Å²) in [5.74, 6) is -0.953. The second-order valence-electron chi connectivity index (χ2n) is 7.14. The normalized spacial score (nSPS) is 20.5. The van der Waals surface area contributed by atoms with Crippen LogP contribution < -0.4 is 4.90 Å². The number of halogens is 1. The molecule has 0 aliphatic carbocycles. The number of nitriles is 1. The average Bonchev–Trinajstić information content (AvgIpc) is 3.12. The Hall–Kier alpha value is -3.15. The Morgan fingerprint density at radius 1 is 1.13 bits per heavy atom. The van der Waals surface area contributed by atoms with Gasteiger partial charge in [-0.1, -0.05) is 42.1 Å². The van der Waals surface area contributed by atoms with E-state index in [0.717, 1.165) is 5.56 Å². The maximum Gasteiger partial charge on any atom is 0.267 e. The van der Waals surface area contributed by atoms with Crippen LogP contribution in [-0.2, 0) is 20.7 Å². The van der Waals surface area contributed by atoms with Crippen LogP contribution in [0.15, 0.2) is 65.2 Å². The molecule has 2 amide bonds. The Labute approximate surface area is 183 Å². The number of ether oxygens (including phenoxy) is 1. The van der Waals surface area contributed by atoms with Crippen molar-refractivity contribution in [1.29, 1.82) is 5.26 Å². The number of amides is 2. The van der Waals surface area contributed by atoms with Gasteiger partial charge in [-0.25, -0.2) is 4.39 Å². The summed E-state index contributed by atoms with van der Waals surface area (Å²) in [4.78, 5) is 29.5. The predicted molar refractivity (Wildman–Crippen MR) is 115 cm³/mol. The van der Waals surface area contributed by atoms with Crippen molar-refractivity contribution in [2.45, 2.75) is 11.7 Å². The number of nitrogens with zero attached hydrogens (tertiary/aromatic N) is 3. The first kappa shape index (κ1) is 21.1. The van der Waals surface area contributed by atoms with E-state index >= 15 is 0 Å². The number of carbonyl (C=O) groups excluding carboxylic acids is 2. The van der Waals surface area contributed by atoms with Crippen LogP contribution in [0, 0.1) is 17.1 Å². The minimum atomic E-state index is -0.526. The first-order valence-corrected chi connectivity index (χ1v) is 10.8. The zero-order chi connectivity index (χ0) is 21.8. The van der Waals surface area contributed by atoms with Crippen LogP contribution in [0.2, 0.25) is 0 Å². The summed E-state index contributed by atoms with van der Waals surface area (Å²) < 4.78 is 18.6. The van der Waals surface area contributed by atoms with Crippen molar-refractivity contribution >= 4 is 29.3 Å². The molecule has 4 rings (SSSR count). The fraction of sp³-hybridized carbons (Fsp3) is 0.261. The van der Waals surface area contributed by atoms with Crippen LogP contribution in [0.4, 0.5) is 10.1 Å². The van der Waals surface area contributed by atoms with Crippen LogP contribution in [0.25, 0.3) is 0 Å². The molecule has 2 aliphatic rings. The third-order valence-electron chi connectivity index (χ3n) is 5.14. The number of para-hydroxylation sites is 1. The summed E-state index contributed by atoms with van der Waals surface area (Å²) in [7, 11) is 0. The lowest BCUT2D eigenvalue weighted by atomic mass is 10.1. The van der Waals surface area contributed by atoms with E-state index in [4.69, 9.17) is 4.74 Å². The maximum atomic E-state index is 13.3. The first-order chi connectivity index (χ1) is 15.1. The van der Waals surface area contributed by atoms with Crippen molar-refractivity contribution in [3.8, 4) is 6.07 Å². The molecule has 2 saturated heterocycles. The Morgan fingerprint density at radius 2 is 1.81 bits per heavy atom. The van der Waals surface area contributed by atoms with E-state index in [9.17, 15) is 19.2 Å². The molecule has 2 aromatic rings. The van der Waals surface area contributed by atoms with Gasteiger partial charge in [0.15, 0.2) is 0 Å². The Kier molecular flexibility index (Phi) is 6.35. The monoisotopic (exact) mass is 437 g/mol. The van der Waals surface area contributed by atoms with Gasteiger partial charge in [0, 0.05) is 18.8 Å². The Balaban J connectivity index is 1.71. The molecule has 0 bridgehead atoms. The molecule has 0 spiro atoms. The van der Waals surface area contributed by atoms with Crippen LogP contribution in [0.1, 0.15) is 5.56 Å². The lowest BCUT2D eigenvalue weighted by Crippen LogP contribution is -2.42. The van der Waals surface area contributed by atoms with E-state index in [0.29, 0.717) is 43.4 Å². The highest BCUT2D eigenvalue weighted by Crippen LogP contribution is 2.42. The molecule has 1 atom stereocenters. The molecule has 2 fully saturated rings. The number of hydrogen-bond acceptors (Lipinski definition) is 5. The first-order valence-electron chi connectivity index (χ1n) is 9.90. The number of carbonyl (C=O) groups is 2. The van der Waals surface area contributed by atoms with E-state index in [1.807, 2.05) is 12.1 Å². The molecule has 0 aromatic heterocycles. The number of thioether (sulfide) groups is 1. The number of benzene rings is 2. The van der Waals surface area contributed by atoms with E-state index in [1.54, 1.807) is 41.3 Å². The smallest absolute Gasteiger partial charge is 0.267 e. The van der Waals surface area contributed by atoms with Gasteiger partial charge in [-0.05, 0) is 36.2 Å². The summed E-state index contributed by atoms with van der Waals surface area (Å²) >= 11 is 1.21. The maximum absolute atomic E-state index is 13.3. The van der Waals surface area contributed by atoms with Crippen LogP contribution >= 0.6 is 11.8 Å². The summed E-state index contributed by atoms with van der Waals surface area (Å²) in [6.45, 7) is 1.64. The highest BCUT2D eigenvalue weighted by Gasteiger charge is 2.41. The van der Waals surface area contributed by atoms with E-state index in [2.05, 4.69) is 0 Å². The molecule has 2 aliphatic heterocycles. The lowest BCUT2D eigenvalue weighted by molar-refractivity contribution is -0.130. The van der Waals surface area contributed by atoms with Gasteiger partial charge < -0.3 is 9.64 Å². The minimum absolute atomic E-state index is 0.0503. The Morgan fingerprint density at radius 3 is 2.45 bits per heavy atom. The summed E-state index contributed by atoms with van der Waals surface area (Å²) in [6.07, 6.45) is 0.362. The molecule has 6 nitrogen and oxygen atoms in total. The molecule has 8 heteroatoms. The van der Waals surface area contributed by atoms with Gasteiger partial charge in [0.05, 0.1) is 18.5 Å². The van der Waals surface area contributed by atoms with Gasteiger partial charge in [0.25, 0.3) is 5.91 Å². The van der Waals surface area contributed by atoms with Crippen LogP contribution in [0.5, 0.6) is 0 Å². The van der Waals surface area contributed by atoms with Gasteiger partial charge in [-0.15, -0.1) is 0 Å². The zero-order valence-corrected chi connectivity index (χ0v) is 17.5. The van der Waals surface area contributed by atoms with Gasteiger partial charge in [0.1, 0.15) is 22.5 Å².